The number of aromatic nitrogens is 1. The number of hydrogen-bond acceptors (Lipinski definition) is 6. The van der Waals surface area contributed by atoms with E-state index in [-0.39, 0.29) is 12.5 Å². The first-order chi connectivity index (χ1) is 17.4. The number of nitrogens with one attached hydrogen (secondary N) is 2. The molecule has 0 aliphatic carbocycles. The van der Waals surface area contributed by atoms with Crippen LogP contribution in [0.4, 0.5) is 17.1 Å². The standard InChI is InChI=1S/C27H22Cl2N4O3/c1-3-35-26-12-23-20(11-24(26)32-16(2)34)27(18(13-30)14-31-23)33-19-8-9-25(22(29)10-19)36-15-17-6-4-5-7-21(17)28/h4-12,14H,3,15H2,1-2H3,(H,31,33)(H,32,34). The number of pyridine rings is 1. The van der Waals surface area contributed by atoms with Crippen molar-refractivity contribution in [2.75, 3.05) is 17.2 Å². The minimum atomic E-state index is -0.242. The summed E-state index contributed by atoms with van der Waals surface area (Å²) in [6.45, 7) is 3.96. The Labute approximate surface area is 218 Å². The monoisotopic (exact) mass is 520 g/mol. The van der Waals surface area contributed by atoms with Crippen LogP contribution in [-0.4, -0.2) is 17.5 Å². The average molecular weight is 521 g/mol. The van der Waals surface area contributed by atoms with Gasteiger partial charge in [0.2, 0.25) is 5.91 Å². The molecule has 0 unspecified atom stereocenters. The highest BCUT2D eigenvalue weighted by atomic mass is 35.5. The summed E-state index contributed by atoms with van der Waals surface area (Å²) in [5, 5.41) is 17.4. The second-order valence-electron chi connectivity index (χ2n) is 7.79. The molecule has 0 atom stereocenters. The van der Waals surface area contributed by atoms with Crippen molar-refractivity contribution in [3.63, 3.8) is 0 Å². The normalized spacial score (nSPS) is 10.5. The van der Waals surface area contributed by atoms with E-state index in [1.807, 2.05) is 25.1 Å². The third kappa shape index (κ3) is 5.62. The fourth-order valence-electron chi connectivity index (χ4n) is 3.61. The molecule has 182 valence electrons. The first-order valence-electron chi connectivity index (χ1n) is 11.1. The Bertz CT molecular complexity index is 1480. The lowest BCUT2D eigenvalue weighted by molar-refractivity contribution is -0.114. The maximum Gasteiger partial charge on any atom is 0.221 e. The number of nitrogens with zero attached hydrogens (tertiary/aromatic N) is 2. The quantitative estimate of drug-likeness (QED) is 0.257. The number of fused-ring (bicyclic) bond motifs is 1. The van der Waals surface area contributed by atoms with Crippen LogP contribution in [0.15, 0.2) is 60.8 Å². The third-order valence-corrected chi connectivity index (χ3v) is 5.91. The van der Waals surface area contributed by atoms with E-state index in [9.17, 15) is 10.1 Å². The van der Waals surface area contributed by atoms with Gasteiger partial charge in [-0.05, 0) is 37.3 Å². The zero-order valence-corrected chi connectivity index (χ0v) is 21.1. The van der Waals surface area contributed by atoms with Gasteiger partial charge in [-0.15, -0.1) is 0 Å². The molecule has 3 aromatic carbocycles. The molecule has 0 saturated carbocycles. The zero-order valence-electron chi connectivity index (χ0n) is 19.6. The molecular weight excluding hydrogens is 499 g/mol. The Morgan fingerprint density at radius 2 is 1.86 bits per heavy atom. The number of benzene rings is 3. The summed E-state index contributed by atoms with van der Waals surface area (Å²) >= 11 is 12.7. The molecule has 0 saturated heterocycles. The lowest BCUT2D eigenvalue weighted by atomic mass is 10.1. The van der Waals surface area contributed by atoms with Gasteiger partial charge >= 0.3 is 0 Å². The smallest absolute Gasteiger partial charge is 0.221 e. The topological polar surface area (TPSA) is 96.3 Å². The molecule has 0 bridgehead atoms. The first kappa shape index (κ1) is 25.1. The van der Waals surface area contributed by atoms with Gasteiger partial charge in [0.1, 0.15) is 24.2 Å². The zero-order chi connectivity index (χ0) is 25.7. The predicted molar refractivity (Wildman–Crippen MR) is 142 cm³/mol. The van der Waals surface area contributed by atoms with Crippen LogP contribution >= 0.6 is 23.2 Å². The summed E-state index contributed by atoms with van der Waals surface area (Å²) in [6, 6.07) is 18.3. The summed E-state index contributed by atoms with van der Waals surface area (Å²) in [6.07, 6.45) is 1.49. The molecule has 0 spiro atoms. The molecule has 0 radical (unpaired) electrons. The predicted octanol–water partition coefficient (Wildman–Crippen LogP) is 7.09. The summed E-state index contributed by atoms with van der Waals surface area (Å²) in [5.41, 5.74) is 3.43. The number of nitriles is 1. The average Bonchev–Trinajstić information content (AvgIpc) is 2.85. The van der Waals surface area contributed by atoms with Crippen molar-refractivity contribution in [1.82, 2.24) is 4.98 Å². The van der Waals surface area contributed by atoms with Gasteiger partial charge in [-0.25, -0.2) is 0 Å². The molecule has 9 heteroatoms. The van der Waals surface area contributed by atoms with E-state index in [0.717, 1.165) is 5.56 Å². The van der Waals surface area contributed by atoms with Crippen LogP contribution in [0.1, 0.15) is 25.0 Å². The highest BCUT2D eigenvalue weighted by molar-refractivity contribution is 6.32. The summed E-state index contributed by atoms with van der Waals surface area (Å²) < 4.78 is 11.5. The van der Waals surface area contributed by atoms with Gasteiger partial charge in [-0.1, -0.05) is 41.4 Å². The highest BCUT2D eigenvalue weighted by Crippen LogP contribution is 2.37. The fraction of sp³-hybridized carbons (Fsp3) is 0.148. The molecule has 7 nitrogen and oxygen atoms in total. The SMILES string of the molecule is CCOc1cc2ncc(C#N)c(Nc3ccc(OCc4ccccc4Cl)c(Cl)c3)c2cc1NC(C)=O. The van der Waals surface area contributed by atoms with Crippen molar-refractivity contribution in [3.8, 4) is 17.6 Å². The Hall–Kier alpha value is -3.99. The Morgan fingerprint density at radius 1 is 1.06 bits per heavy atom. The van der Waals surface area contributed by atoms with Crippen LogP contribution in [0.25, 0.3) is 10.9 Å². The van der Waals surface area contributed by atoms with E-state index in [4.69, 9.17) is 32.7 Å². The largest absolute Gasteiger partial charge is 0.492 e. The minimum absolute atomic E-state index is 0.242. The molecular formula is C27H22Cl2N4O3. The molecule has 4 rings (SSSR count). The highest BCUT2D eigenvalue weighted by Gasteiger charge is 2.15. The van der Waals surface area contributed by atoms with Crippen molar-refractivity contribution < 1.29 is 14.3 Å². The number of rotatable bonds is 8. The second-order valence-corrected chi connectivity index (χ2v) is 8.60. The van der Waals surface area contributed by atoms with Gasteiger partial charge in [0.25, 0.3) is 0 Å². The Morgan fingerprint density at radius 3 is 2.56 bits per heavy atom. The lowest BCUT2D eigenvalue weighted by Crippen LogP contribution is -2.08. The van der Waals surface area contributed by atoms with Crippen molar-refractivity contribution in [2.24, 2.45) is 0 Å². The molecule has 0 aliphatic heterocycles. The van der Waals surface area contributed by atoms with Crippen molar-refractivity contribution >= 4 is 57.1 Å². The number of anilines is 3. The van der Waals surface area contributed by atoms with E-state index in [2.05, 4.69) is 21.7 Å². The summed E-state index contributed by atoms with van der Waals surface area (Å²) in [5.74, 6) is 0.747. The molecule has 2 N–H and O–H groups in total. The Kier molecular flexibility index (Phi) is 7.79. The van der Waals surface area contributed by atoms with E-state index in [1.54, 1.807) is 36.4 Å². The van der Waals surface area contributed by atoms with Crippen LogP contribution in [0.2, 0.25) is 10.0 Å². The molecule has 1 aromatic heterocycles. The fourth-order valence-corrected chi connectivity index (χ4v) is 4.04. The second kappa shape index (κ2) is 11.2. The van der Waals surface area contributed by atoms with Crippen LogP contribution < -0.4 is 20.1 Å². The van der Waals surface area contributed by atoms with E-state index >= 15 is 0 Å². The van der Waals surface area contributed by atoms with Crippen LogP contribution in [0.3, 0.4) is 0 Å². The number of amides is 1. The van der Waals surface area contributed by atoms with Gasteiger partial charge in [-0.3, -0.25) is 9.78 Å². The minimum Gasteiger partial charge on any atom is -0.492 e. The maximum absolute atomic E-state index is 11.8. The number of carbonyl (C=O) groups is 1. The summed E-state index contributed by atoms with van der Waals surface area (Å²) in [4.78, 5) is 16.1. The number of carbonyl (C=O) groups excluding carboxylic acids is 1. The molecule has 0 aliphatic rings. The van der Waals surface area contributed by atoms with Gasteiger partial charge in [0.05, 0.1) is 34.1 Å². The Balaban J connectivity index is 1.67. The first-order valence-corrected chi connectivity index (χ1v) is 11.8. The number of hydrogen-bond donors (Lipinski definition) is 2. The van der Waals surface area contributed by atoms with E-state index in [1.165, 1.54) is 13.1 Å². The van der Waals surface area contributed by atoms with Crippen molar-refractivity contribution in [1.29, 1.82) is 5.26 Å². The number of halogens is 2. The van der Waals surface area contributed by atoms with Crippen LogP contribution in [0.5, 0.6) is 11.5 Å². The van der Waals surface area contributed by atoms with E-state index < -0.39 is 0 Å². The lowest BCUT2D eigenvalue weighted by Gasteiger charge is -2.16. The van der Waals surface area contributed by atoms with Gasteiger partial charge in [0, 0.05) is 40.8 Å². The van der Waals surface area contributed by atoms with Crippen LogP contribution in [-0.2, 0) is 11.4 Å². The van der Waals surface area contributed by atoms with Crippen molar-refractivity contribution in [2.45, 2.75) is 20.5 Å². The molecule has 36 heavy (non-hydrogen) atoms. The van der Waals surface area contributed by atoms with E-state index in [0.29, 0.717) is 61.7 Å². The molecule has 0 fully saturated rings. The van der Waals surface area contributed by atoms with Crippen molar-refractivity contribution in [3.05, 3.63) is 82.0 Å². The van der Waals surface area contributed by atoms with Crippen LogP contribution in [0, 0.1) is 11.3 Å². The van der Waals surface area contributed by atoms with Gasteiger partial charge in [-0.2, -0.15) is 5.26 Å². The van der Waals surface area contributed by atoms with Gasteiger partial charge in [0.15, 0.2) is 0 Å². The molecule has 4 aromatic rings. The third-order valence-electron chi connectivity index (χ3n) is 5.24. The molecule has 1 amide bonds. The summed E-state index contributed by atoms with van der Waals surface area (Å²) in [7, 11) is 0. The van der Waals surface area contributed by atoms with Gasteiger partial charge < -0.3 is 20.1 Å². The maximum atomic E-state index is 11.8. The number of ether oxygens (including phenoxy) is 2. The molecule has 1 heterocycles.